The average molecular weight is 575 g/mol. The number of aryl methyl sites for hydroxylation is 2. The van der Waals surface area contributed by atoms with E-state index >= 15 is 0 Å². The first-order chi connectivity index (χ1) is 17.6. The van der Waals surface area contributed by atoms with Crippen molar-refractivity contribution in [3.8, 4) is 11.1 Å². The van der Waals surface area contributed by atoms with Gasteiger partial charge in [-0.3, -0.25) is 9.78 Å². The molecule has 9 heteroatoms. The summed E-state index contributed by atoms with van der Waals surface area (Å²) in [6.07, 6.45) is 4.82. The van der Waals surface area contributed by atoms with E-state index in [9.17, 15) is 13.2 Å². The number of halogens is 1. The summed E-state index contributed by atoms with van der Waals surface area (Å²) < 4.78 is 29.0. The zero-order valence-corrected chi connectivity index (χ0v) is 22.8. The number of hydrogen-bond acceptors (Lipinski definition) is 5. The first-order valence-electron chi connectivity index (χ1n) is 11.4. The van der Waals surface area contributed by atoms with Crippen LogP contribution in [0.25, 0.3) is 22.2 Å². The fourth-order valence-corrected chi connectivity index (χ4v) is 5.71. The molecule has 186 valence electrons. The van der Waals surface area contributed by atoms with Gasteiger partial charge in [-0.05, 0) is 77.8 Å². The highest BCUT2D eigenvalue weighted by molar-refractivity contribution is 9.10. The van der Waals surface area contributed by atoms with E-state index in [0.717, 1.165) is 21.3 Å². The van der Waals surface area contributed by atoms with Gasteiger partial charge in [0.25, 0.3) is 15.9 Å². The predicted molar refractivity (Wildman–Crippen MR) is 148 cm³/mol. The number of carbonyl (C=O) groups is 1. The van der Waals surface area contributed by atoms with Crippen LogP contribution < -0.4 is 4.90 Å². The van der Waals surface area contributed by atoms with Gasteiger partial charge in [-0.15, -0.1) is 0 Å². The number of nitrogens with zero attached hydrogens (tertiary/aromatic N) is 4. The molecule has 3 heterocycles. The maximum atomic E-state index is 13.5. The Morgan fingerprint density at radius 1 is 0.919 bits per heavy atom. The van der Waals surface area contributed by atoms with Crippen LogP contribution in [0.3, 0.4) is 0 Å². The second-order valence-corrected chi connectivity index (χ2v) is 11.5. The van der Waals surface area contributed by atoms with Crippen LogP contribution >= 0.6 is 15.9 Å². The van der Waals surface area contributed by atoms with Gasteiger partial charge in [0.05, 0.1) is 16.8 Å². The highest BCUT2D eigenvalue weighted by Gasteiger charge is 2.23. The molecule has 0 aliphatic carbocycles. The number of pyridine rings is 2. The van der Waals surface area contributed by atoms with E-state index in [1.165, 1.54) is 3.97 Å². The summed E-state index contributed by atoms with van der Waals surface area (Å²) >= 11 is 3.45. The summed E-state index contributed by atoms with van der Waals surface area (Å²) in [7, 11) is -2.17. The number of hydrogen-bond donors (Lipinski definition) is 0. The van der Waals surface area contributed by atoms with Crippen LogP contribution in [-0.2, 0) is 10.0 Å². The molecule has 0 fully saturated rings. The molecule has 0 radical (unpaired) electrons. The minimum Gasteiger partial charge on any atom is -0.310 e. The van der Waals surface area contributed by atoms with Crippen molar-refractivity contribution in [1.29, 1.82) is 0 Å². The van der Waals surface area contributed by atoms with E-state index < -0.39 is 10.0 Å². The second kappa shape index (κ2) is 9.57. The van der Waals surface area contributed by atoms with Gasteiger partial charge >= 0.3 is 0 Å². The first-order valence-corrected chi connectivity index (χ1v) is 13.7. The molecule has 0 aliphatic rings. The molecule has 7 nitrogen and oxygen atoms in total. The highest BCUT2D eigenvalue weighted by Crippen LogP contribution is 2.34. The topological polar surface area (TPSA) is 85.2 Å². The van der Waals surface area contributed by atoms with Crippen molar-refractivity contribution in [2.75, 3.05) is 11.9 Å². The largest absolute Gasteiger partial charge is 0.310 e. The number of fused-ring (bicyclic) bond motifs is 1. The van der Waals surface area contributed by atoms with Crippen molar-refractivity contribution in [2.24, 2.45) is 0 Å². The summed E-state index contributed by atoms with van der Waals surface area (Å²) in [6, 6.07) is 19.4. The van der Waals surface area contributed by atoms with Crippen molar-refractivity contribution in [3.63, 3.8) is 0 Å². The number of rotatable bonds is 5. The van der Waals surface area contributed by atoms with Crippen LogP contribution in [0, 0.1) is 13.8 Å². The minimum absolute atomic E-state index is 0.175. The standard InChI is InChI=1S/C28H23BrN4O3S/c1-18-4-12-24(13-5-18)37(35,36)33-17-26(25-14-22(29)15-31-27(25)33)20-7-9-21(10-8-20)28(34)32(3)23-11-6-19(2)30-16-23/h4-17H,1-3H3. The van der Waals surface area contributed by atoms with Crippen LogP contribution in [0.2, 0.25) is 0 Å². The van der Waals surface area contributed by atoms with E-state index in [0.29, 0.717) is 27.8 Å². The van der Waals surface area contributed by atoms with E-state index in [1.807, 2.05) is 44.2 Å². The summed E-state index contributed by atoms with van der Waals surface area (Å²) in [4.78, 5) is 23.4. The third-order valence-electron chi connectivity index (χ3n) is 6.19. The lowest BCUT2D eigenvalue weighted by Crippen LogP contribution is -2.26. The van der Waals surface area contributed by atoms with E-state index in [1.54, 1.807) is 66.9 Å². The van der Waals surface area contributed by atoms with Crippen LogP contribution in [0.15, 0.2) is 94.7 Å². The molecule has 1 amide bonds. The lowest BCUT2D eigenvalue weighted by Gasteiger charge is -2.17. The Hall–Kier alpha value is -3.82. The fraction of sp³-hybridized carbons (Fsp3) is 0.107. The SMILES string of the molecule is Cc1ccc(S(=O)(=O)n2cc(-c3ccc(C(=O)N(C)c4ccc(C)nc4)cc3)c3cc(Br)cnc32)cc1. The molecule has 0 saturated heterocycles. The average Bonchev–Trinajstić information content (AvgIpc) is 3.28. The normalized spacial score (nSPS) is 11.6. The summed E-state index contributed by atoms with van der Waals surface area (Å²) in [5.74, 6) is -0.175. The molecule has 0 N–H and O–H groups in total. The molecule has 3 aromatic heterocycles. The van der Waals surface area contributed by atoms with Gasteiger partial charge in [-0.1, -0.05) is 29.8 Å². The van der Waals surface area contributed by atoms with Crippen LogP contribution in [0.4, 0.5) is 5.69 Å². The number of amides is 1. The summed E-state index contributed by atoms with van der Waals surface area (Å²) in [5, 5.41) is 0.673. The number of benzene rings is 2. The van der Waals surface area contributed by atoms with Gasteiger partial charge in [-0.2, -0.15) is 0 Å². The monoisotopic (exact) mass is 574 g/mol. The number of carbonyl (C=O) groups excluding carboxylic acids is 1. The van der Waals surface area contributed by atoms with Crippen molar-refractivity contribution in [3.05, 3.63) is 107 Å². The minimum atomic E-state index is -3.88. The predicted octanol–water partition coefficient (Wildman–Crippen LogP) is 5.99. The summed E-state index contributed by atoms with van der Waals surface area (Å²) in [5.41, 5.74) is 4.82. The number of anilines is 1. The smallest absolute Gasteiger partial charge is 0.269 e. The molecule has 0 saturated carbocycles. The first kappa shape index (κ1) is 24.9. The Labute approximate surface area is 223 Å². The second-order valence-electron chi connectivity index (χ2n) is 8.78. The van der Waals surface area contributed by atoms with Gasteiger partial charge in [0.2, 0.25) is 0 Å². The molecule has 0 unspecified atom stereocenters. The Kier molecular flexibility index (Phi) is 6.43. The fourth-order valence-electron chi connectivity index (χ4n) is 4.05. The van der Waals surface area contributed by atoms with Crippen LogP contribution in [0.5, 0.6) is 0 Å². The molecule has 0 spiro atoms. The molecule has 0 atom stereocenters. The zero-order chi connectivity index (χ0) is 26.3. The Balaban J connectivity index is 1.54. The zero-order valence-electron chi connectivity index (χ0n) is 20.4. The van der Waals surface area contributed by atoms with Crippen molar-refractivity contribution in [1.82, 2.24) is 13.9 Å². The van der Waals surface area contributed by atoms with Crippen LogP contribution in [-0.4, -0.2) is 35.3 Å². The molecule has 5 aromatic rings. The maximum Gasteiger partial charge on any atom is 0.269 e. The lowest BCUT2D eigenvalue weighted by atomic mass is 10.0. The molecule has 2 aromatic carbocycles. The van der Waals surface area contributed by atoms with Crippen molar-refractivity contribution >= 4 is 48.6 Å². The third kappa shape index (κ3) is 4.68. The van der Waals surface area contributed by atoms with Crippen LogP contribution in [0.1, 0.15) is 21.6 Å². The van der Waals surface area contributed by atoms with Gasteiger partial charge in [-0.25, -0.2) is 17.4 Å². The number of aromatic nitrogens is 3. The summed E-state index contributed by atoms with van der Waals surface area (Å²) in [6.45, 7) is 3.80. The van der Waals surface area contributed by atoms with Gasteiger partial charge in [0.15, 0.2) is 5.65 Å². The quantitative estimate of drug-likeness (QED) is 0.257. The Bertz CT molecular complexity index is 1730. The van der Waals surface area contributed by atoms with Gasteiger partial charge < -0.3 is 4.90 Å². The van der Waals surface area contributed by atoms with Gasteiger partial charge in [0, 0.05) is 46.1 Å². The highest BCUT2D eigenvalue weighted by atomic mass is 79.9. The lowest BCUT2D eigenvalue weighted by molar-refractivity contribution is 0.0993. The van der Waals surface area contributed by atoms with Crippen molar-refractivity contribution in [2.45, 2.75) is 18.7 Å². The van der Waals surface area contributed by atoms with Gasteiger partial charge in [0.1, 0.15) is 0 Å². The maximum absolute atomic E-state index is 13.5. The Morgan fingerprint density at radius 2 is 1.62 bits per heavy atom. The Morgan fingerprint density at radius 3 is 2.27 bits per heavy atom. The van der Waals surface area contributed by atoms with E-state index in [4.69, 9.17) is 0 Å². The molecule has 0 aliphatic heterocycles. The van der Waals surface area contributed by atoms with Crippen molar-refractivity contribution < 1.29 is 13.2 Å². The third-order valence-corrected chi connectivity index (χ3v) is 8.28. The van der Waals surface area contributed by atoms with E-state index in [2.05, 4.69) is 25.9 Å². The molecule has 37 heavy (non-hydrogen) atoms. The van der Waals surface area contributed by atoms with E-state index in [-0.39, 0.29) is 10.8 Å². The molecule has 0 bridgehead atoms. The molecule has 5 rings (SSSR count). The molecular weight excluding hydrogens is 552 g/mol. The molecular formula is C28H23BrN4O3S.